The highest BCUT2D eigenvalue weighted by atomic mass is 79.9. The van der Waals surface area contributed by atoms with Crippen LogP contribution in [0.3, 0.4) is 0 Å². The van der Waals surface area contributed by atoms with E-state index in [4.69, 9.17) is 0 Å². The highest BCUT2D eigenvalue weighted by molar-refractivity contribution is 9.10. The van der Waals surface area contributed by atoms with Crippen molar-refractivity contribution in [2.75, 3.05) is 5.32 Å². The molecule has 0 radical (unpaired) electrons. The number of rotatable bonds is 3. The number of imidazole rings is 1. The maximum absolute atomic E-state index is 4.57. The van der Waals surface area contributed by atoms with Gasteiger partial charge in [-0.3, -0.25) is 0 Å². The SMILES string of the molecule is Cc1cn(C2CC2)c(Nc2cc(Br)ccc2C)n1. The first kappa shape index (κ1) is 11.8. The van der Waals surface area contributed by atoms with Gasteiger partial charge in [-0.25, -0.2) is 4.98 Å². The third-order valence-electron chi connectivity index (χ3n) is 3.24. The quantitative estimate of drug-likeness (QED) is 0.914. The van der Waals surface area contributed by atoms with Gasteiger partial charge >= 0.3 is 0 Å². The molecule has 0 aliphatic heterocycles. The Bertz CT molecular complexity index is 585. The van der Waals surface area contributed by atoms with E-state index in [9.17, 15) is 0 Å². The van der Waals surface area contributed by atoms with Crippen molar-refractivity contribution in [2.45, 2.75) is 32.7 Å². The van der Waals surface area contributed by atoms with Gasteiger partial charge in [0.15, 0.2) is 0 Å². The number of anilines is 2. The summed E-state index contributed by atoms with van der Waals surface area (Å²) in [5, 5.41) is 3.45. The van der Waals surface area contributed by atoms with Gasteiger partial charge in [-0.15, -0.1) is 0 Å². The predicted molar refractivity (Wildman–Crippen MR) is 77.4 cm³/mol. The second-order valence-corrected chi connectivity index (χ2v) is 5.84. The topological polar surface area (TPSA) is 29.9 Å². The summed E-state index contributed by atoms with van der Waals surface area (Å²) in [7, 11) is 0. The van der Waals surface area contributed by atoms with Crippen LogP contribution in [0.15, 0.2) is 28.9 Å². The van der Waals surface area contributed by atoms with E-state index in [0.717, 1.165) is 21.8 Å². The number of nitrogens with one attached hydrogen (secondary N) is 1. The van der Waals surface area contributed by atoms with Gasteiger partial charge in [0.1, 0.15) is 0 Å². The summed E-state index contributed by atoms with van der Waals surface area (Å²) in [6.07, 6.45) is 4.66. The summed E-state index contributed by atoms with van der Waals surface area (Å²) in [6.45, 7) is 4.14. The van der Waals surface area contributed by atoms with Crippen LogP contribution in [0.4, 0.5) is 11.6 Å². The zero-order valence-corrected chi connectivity index (χ0v) is 12.2. The lowest BCUT2D eigenvalue weighted by atomic mass is 10.2. The molecule has 1 aromatic heterocycles. The number of aromatic nitrogens is 2. The van der Waals surface area contributed by atoms with Crippen LogP contribution in [0.1, 0.15) is 30.1 Å². The van der Waals surface area contributed by atoms with Gasteiger partial charge < -0.3 is 9.88 Å². The molecule has 94 valence electrons. The van der Waals surface area contributed by atoms with Gasteiger partial charge in [-0.2, -0.15) is 0 Å². The second kappa shape index (κ2) is 4.43. The van der Waals surface area contributed by atoms with Crippen molar-refractivity contribution >= 4 is 27.6 Å². The van der Waals surface area contributed by atoms with E-state index < -0.39 is 0 Å². The largest absolute Gasteiger partial charge is 0.325 e. The molecule has 3 nitrogen and oxygen atoms in total. The normalized spacial score (nSPS) is 14.8. The molecular formula is C14H16BrN3. The average Bonchev–Trinajstić information content (AvgIpc) is 3.09. The lowest BCUT2D eigenvalue weighted by Gasteiger charge is -2.11. The van der Waals surface area contributed by atoms with Gasteiger partial charge in [0.05, 0.1) is 5.69 Å². The van der Waals surface area contributed by atoms with Crippen molar-refractivity contribution in [1.82, 2.24) is 9.55 Å². The Labute approximate surface area is 115 Å². The van der Waals surface area contributed by atoms with E-state index >= 15 is 0 Å². The number of benzene rings is 1. The van der Waals surface area contributed by atoms with E-state index in [1.54, 1.807) is 0 Å². The van der Waals surface area contributed by atoms with Crippen LogP contribution >= 0.6 is 15.9 Å². The van der Waals surface area contributed by atoms with E-state index in [-0.39, 0.29) is 0 Å². The maximum atomic E-state index is 4.57. The second-order valence-electron chi connectivity index (χ2n) is 4.93. The zero-order chi connectivity index (χ0) is 12.7. The summed E-state index contributed by atoms with van der Waals surface area (Å²) in [4.78, 5) is 4.57. The molecule has 1 heterocycles. The van der Waals surface area contributed by atoms with E-state index in [1.807, 2.05) is 6.92 Å². The summed E-state index contributed by atoms with van der Waals surface area (Å²) >= 11 is 3.51. The summed E-state index contributed by atoms with van der Waals surface area (Å²) in [6, 6.07) is 6.89. The van der Waals surface area contributed by atoms with Gasteiger partial charge in [-0.1, -0.05) is 22.0 Å². The smallest absolute Gasteiger partial charge is 0.207 e. The molecule has 1 N–H and O–H groups in total. The standard InChI is InChI=1S/C14H16BrN3/c1-9-3-4-11(15)7-13(9)17-14-16-10(2)8-18(14)12-5-6-12/h3-4,7-8,12H,5-6H2,1-2H3,(H,16,17). The predicted octanol–water partition coefficient (Wildman–Crippen LogP) is 4.34. The maximum Gasteiger partial charge on any atom is 0.207 e. The third-order valence-corrected chi connectivity index (χ3v) is 3.73. The summed E-state index contributed by atoms with van der Waals surface area (Å²) in [5.74, 6) is 0.955. The molecule has 4 heteroatoms. The summed E-state index contributed by atoms with van der Waals surface area (Å²) in [5.41, 5.74) is 3.40. The first-order valence-electron chi connectivity index (χ1n) is 6.22. The minimum Gasteiger partial charge on any atom is -0.325 e. The number of aryl methyl sites for hydroxylation is 2. The third kappa shape index (κ3) is 2.29. The minimum absolute atomic E-state index is 0.640. The molecule has 18 heavy (non-hydrogen) atoms. The molecule has 0 saturated heterocycles. The fraction of sp³-hybridized carbons (Fsp3) is 0.357. The van der Waals surface area contributed by atoms with Crippen molar-refractivity contribution in [3.63, 3.8) is 0 Å². The Hall–Kier alpha value is -1.29. The van der Waals surface area contributed by atoms with Crippen LogP contribution < -0.4 is 5.32 Å². The molecule has 0 spiro atoms. The highest BCUT2D eigenvalue weighted by Crippen LogP contribution is 2.38. The molecule has 1 aromatic carbocycles. The van der Waals surface area contributed by atoms with Gasteiger partial charge in [0.2, 0.25) is 5.95 Å². The molecule has 1 saturated carbocycles. The minimum atomic E-state index is 0.640. The molecule has 2 aromatic rings. The van der Waals surface area contributed by atoms with Crippen LogP contribution in [-0.4, -0.2) is 9.55 Å². The summed E-state index contributed by atoms with van der Waals surface area (Å²) < 4.78 is 3.34. The molecule has 1 aliphatic carbocycles. The number of nitrogens with zero attached hydrogens (tertiary/aromatic N) is 2. The molecule has 0 unspecified atom stereocenters. The van der Waals surface area contributed by atoms with E-state index in [1.165, 1.54) is 18.4 Å². The number of hydrogen-bond donors (Lipinski definition) is 1. The van der Waals surface area contributed by atoms with Crippen molar-refractivity contribution in [3.8, 4) is 0 Å². The fourth-order valence-electron chi connectivity index (χ4n) is 2.09. The molecule has 1 fully saturated rings. The van der Waals surface area contributed by atoms with Crippen LogP contribution in [0.25, 0.3) is 0 Å². The van der Waals surface area contributed by atoms with E-state index in [2.05, 4.69) is 62.1 Å². The number of hydrogen-bond acceptors (Lipinski definition) is 2. The highest BCUT2D eigenvalue weighted by Gasteiger charge is 2.26. The Morgan fingerprint density at radius 2 is 2.11 bits per heavy atom. The molecule has 0 bridgehead atoms. The van der Waals surface area contributed by atoms with Crippen LogP contribution in [-0.2, 0) is 0 Å². The van der Waals surface area contributed by atoms with Crippen molar-refractivity contribution in [2.24, 2.45) is 0 Å². The van der Waals surface area contributed by atoms with Gasteiger partial charge in [0.25, 0.3) is 0 Å². The van der Waals surface area contributed by atoms with Crippen LogP contribution in [0.5, 0.6) is 0 Å². The molecule has 0 amide bonds. The van der Waals surface area contributed by atoms with Crippen molar-refractivity contribution < 1.29 is 0 Å². The Morgan fingerprint density at radius 1 is 1.33 bits per heavy atom. The number of halogens is 1. The van der Waals surface area contributed by atoms with Crippen LogP contribution in [0, 0.1) is 13.8 Å². The molecule has 3 rings (SSSR count). The lowest BCUT2D eigenvalue weighted by Crippen LogP contribution is -2.02. The molecule has 0 atom stereocenters. The zero-order valence-electron chi connectivity index (χ0n) is 10.6. The molecule has 1 aliphatic rings. The van der Waals surface area contributed by atoms with Gasteiger partial charge in [0, 0.05) is 22.4 Å². The first-order valence-corrected chi connectivity index (χ1v) is 7.01. The Kier molecular flexibility index (Phi) is 2.90. The monoisotopic (exact) mass is 305 g/mol. The molecular weight excluding hydrogens is 290 g/mol. The Balaban J connectivity index is 1.94. The van der Waals surface area contributed by atoms with E-state index in [0.29, 0.717) is 6.04 Å². The Morgan fingerprint density at radius 3 is 2.83 bits per heavy atom. The first-order chi connectivity index (χ1) is 8.63. The van der Waals surface area contributed by atoms with Gasteiger partial charge in [-0.05, 0) is 44.4 Å². The van der Waals surface area contributed by atoms with Crippen LogP contribution in [0.2, 0.25) is 0 Å². The van der Waals surface area contributed by atoms with Crippen molar-refractivity contribution in [3.05, 3.63) is 40.1 Å². The fourth-order valence-corrected chi connectivity index (χ4v) is 2.45. The van der Waals surface area contributed by atoms with Crippen molar-refractivity contribution in [1.29, 1.82) is 0 Å². The average molecular weight is 306 g/mol. The lowest BCUT2D eigenvalue weighted by molar-refractivity contribution is 0.750.